The van der Waals surface area contributed by atoms with E-state index < -0.39 is 0 Å². The highest BCUT2D eigenvalue weighted by Crippen LogP contribution is 2.28. The van der Waals surface area contributed by atoms with Crippen LogP contribution in [0.2, 0.25) is 0 Å². The van der Waals surface area contributed by atoms with Gasteiger partial charge in [0.25, 0.3) is 0 Å². The van der Waals surface area contributed by atoms with Crippen molar-refractivity contribution in [1.82, 2.24) is 5.01 Å². The van der Waals surface area contributed by atoms with Crippen molar-refractivity contribution in [2.45, 2.75) is 13.3 Å². The third-order valence-electron chi connectivity index (χ3n) is 2.58. The topological polar surface area (TPSA) is 64.8 Å². The van der Waals surface area contributed by atoms with Gasteiger partial charge in [-0.2, -0.15) is 0 Å². The summed E-state index contributed by atoms with van der Waals surface area (Å²) >= 11 is 0. The Morgan fingerprint density at radius 3 is 2.47 bits per heavy atom. The minimum Gasteiger partial charge on any atom is -0.497 e. The molecule has 0 atom stereocenters. The molecule has 94 valence electrons. The van der Waals surface area contributed by atoms with Gasteiger partial charge in [0.05, 0.1) is 20.6 Å². The lowest BCUT2D eigenvalue weighted by atomic mass is 10.0. The largest absolute Gasteiger partial charge is 0.497 e. The smallest absolute Gasteiger partial charge is 0.240 e. The van der Waals surface area contributed by atoms with Gasteiger partial charge in [-0.05, 0) is 18.6 Å². The maximum Gasteiger partial charge on any atom is 0.240 e. The number of rotatable bonds is 4. The molecule has 0 saturated heterocycles. The Balaban J connectivity index is 3.10. The molecule has 0 fully saturated rings. The summed E-state index contributed by atoms with van der Waals surface area (Å²) in [6.45, 7) is 1.91. The second kappa shape index (κ2) is 5.54. The number of likely N-dealkylation sites (N-methyl/N-ethyl adjacent to an activating group) is 1. The predicted octanol–water partition coefficient (Wildman–Crippen LogP) is 0.887. The molecule has 0 unspecified atom stereocenters. The van der Waals surface area contributed by atoms with Crippen molar-refractivity contribution in [3.63, 3.8) is 0 Å². The fraction of sp³-hybridized carbons (Fsp3) is 0.417. The molecular weight excluding hydrogens is 220 g/mol. The van der Waals surface area contributed by atoms with Crippen molar-refractivity contribution < 1.29 is 14.3 Å². The van der Waals surface area contributed by atoms with Crippen LogP contribution < -0.4 is 15.3 Å². The van der Waals surface area contributed by atoms with Gasteiger partial charge in [0.15, 0.2) is 0 Å². The van der Waals surface area contributed by atoms with Gasteiger partial charge in [0.1, 0.15) is 11.5 Å². The quantitative estimate of drug-likeness (QED) is 0.480. The third-order valence-corrected chi connectivity index (χ3v) is 2.58. The first-order valence-corrected chi connectivity index (χ1v) is 5.22. The summed E-state index contributed by atoms with van der Waals surface area (Å²) in [6, 6.07) is 3.62. The molecule has 0 aliphatic carbocycles. The molecule has 0 saturated carbocycles. The normalized spacial score (nSPS) is 9.94. The van der Waals surface area contributed by atoms with E-state index >= 15 is 0 Å². The van der Waals surface area contributed by atoms with Gasteiger partial charge in [-0.25, -0.2) is 5.84 Å². The number of hydrogen-bond acceptors (Lipinski definition) is 4. The number of hydrazine groups is 1. The molecule has 1 amide bonds. The number of nitrogens with zero attached hydrogens (tertiary/aromatic N) is 1. The highest BCUT2D eigenvalue weighted by Gasteiger charge is 2.14. The molecule has 5 heteroatoms. The molecule has 17 heavy (non-hydrogen) atoms. The van der Waals surface area contributed by atoms with Crippen LogP contribution in [0.15, 0.2) is 12.1 Å². The first-order chi connectivity index (χ1) is 7.99. The first-order valence-electron chi connectivity index (χ1n) is 5.22. The van der Waals surface area contributed by atoms with Crippen molar-refractivity contribution in [2.24, 2.45) is 5.84 Å². The van der Waals surface area contributed by atoms with E-state index in [2.05, 4.69) is 0 Å². The minimum absolute atomic E-state index is 0.170. The van der Waals surface area contributed by atoms with Crippen LogP contribution >= 0.6 is 0 Å². The molecule has 0 aliphatic rings. The van der Waals surface area contributed by atoms with Crippen LogP contribution in [0.5, 0.6) is 11.5 Å². The second-order valence-corrected chi connectivity index (χ2v) is 3.81. The zero-order chi connectivity index (χ0) is 13.0. The Kier molecular flexibility index (Phi) is 4.34. The van der Waals surface area contributed by atoms with Gasteiger partial charge in [-0.3, -0.25) is 9.80 Å². The van der Waals surface area contributed by atoms with E-state index in [4.69, 9.17) is 15.3 Å². The van der Waals surface area contributed by atoms with Crippen LogP contribution in [0.3, 0.4) is 0 Å². The van der Waals surface area contributed by atoms with Gasteiger partial charge in [0, 0.05) is 18.7 Å². The molecule has 0 heterocycles. The molecule has 0 aromatic heterocycles. The number of carbonyl (C=O) groups is 1. The molecule has 1 aromatic rings. The Morgan fingerprint density at radius 1 is 1.35 bits per heavy atom. The summed E-state index contributed by atoms with van der Waals surface area (Å²) in [7, 11) is 4.68. The molecular formula is C12H18N2O3. The minimum atomic E-state index is -0.170. The molecule has 2 N–H and O–H groups in total. The van der Waals surface area contributed by atoms with Crippen LogP contribution in [0.1, 0.15) is 11.1 Å². The molecule has 0 aliphatic heterocycles. The monoisotopic (exact) mass is 238 g/mol. The summed E-state index contributed by atoms with van der Waals surface area (Å²) in [5.41, 5.74) is 1.77. The molecule has 1 aromatic carbocycles. The molecule has 0 radical (unpaired) electrons. The van der Waals surface area contributed by atoms with Gasteiger partial charge in [-0.15, -0.1) is 0 Å². The van der Waals surface area contributed by atoms with E-state index in [-0.39, 0.29) is 12.3 Å². The van der Waals surface area contributed by atoms with Crippen LogP contribution in [0.25, 0.3) is 0 Å². The molecule has 5 nitrogen and oxygen atoms in total. The van der Waals surface area contributed by atoms with Crippen LogP contribution in [0, 0.1) is 6.92 Å². The summed E-state index contributed by atoms with van der Waals surface area (Å²) < 4.78 is 10.4. The van der Waals surface area contributed by atoms with Crippen LogP contribution in [-0.4, -0.2) is 32.2 Å². The van der Waals surface area contributed by atoms with E-state index in [0.717, 1.165) is 16.1 Å². The van der Waals surface area contributed by atoms with E-state index in [1.807, 2.05) is 13.0 Å². The van der Waals surface area contributed by atoms with Crippen molar-refractivity contribution >= 4 is 5.91 Å². The Labute approximate surface area is 101 Å². The lowest BCUT2D eigenvalue weighted by Gasteiger charge is -2.15. The number of amides is 1. The van der Waals surface area contributed by atoms with Gasteiger partial charge >= 0.3 is 0 Å². The second-order valence-electron chi connectivity index (χ2n) is 3.81. The molecule has 0 spiro atoms. The van der Waals surface area contributed by atoms with E-state index in [0.29, 0.717) is 11.5 Å². The maximum absolute atomic E-state index is 11.6. The van der Waals surface area contributed by atoms with E-state index in [1.54, 1.807) is 20.3 Å². The average Bonchev–Trinajstić information content (AvgIpc) is 2.30. The lowest BCUT2D eigenvalue weighted by Crippen LogP contribution is -2.34. The SMILES string of the molecule is COc1cc(C)c(CC(=O)N(C)N)c(OC)c1. The van der Waals surface area contributed by atoms with E-state index in [9.17, 15) is 4.79 Å². The zero-order valence-corrected chi connectivity index (χ0v) is 10.6. The number of carbonyl (C=O) groups excluding carboxylic acids is 1. The number of ether oxygens (including phenoxy) is 2. The highest BCUT2D eigenvalue weighted by atomic mass is 16.5. The summed E-state index contributed by atoms with van der Waals surface area (Å²) in [5.74, 6) is 6.57. The van der Waals surface area contributed by atoms with Crippen molar-refractivity contribution in [3.05, 3.63) is 23.3 Å². The third kappa shape index (κ3) is 3.10. The van der Waals surface area contributed by atoms with E-state index in [1.165, 1.54) is 7.05 Å². The van der Waals surface area contributed by atoms with Crippen molar-refractivity contribution in [3.8, 4) is 11.5 Å². The number of methoxy groups -OCH3 is 2. The number of aryl methyl sites for hydroxylation is 1. The summed E-state index contributed by atoms with van der Waals surface area (Å²) in [5, 5.41) is 1.07. The van der Waals surface area contributed by atoms with Crippen molar-refractivity contribution in [1.29, 1.82) is 0 Å². The van der Waals surface area contributed by atoms with Crippen LogP contribution in [-0.2, 0) is 11.2 Å². The fourth-order valence-electron chi connectivity index (χ4n) is 1.56. The summed E-state index contributed by atoms with van der Waals surface area (Å²) in [4.78, 5) is 11.6. The fourth-order valence-corrected chi connectivity index (χ4v) is 1.56. The molecule has 0 bridgehead atoms. The lowest BCUT2D eigenvalue weighted by molar-refractivity contribution is -0.129. The number of nitrogens with two attached hydrogens (primary N) is 1. The highest BCUT2D eigenvalue weighted by molar-refractivity contribution is 5.79. The zero-order valence-electron chi connectivity index (χ0n) is 10.6. The number of benzene rings is 1. The van der Waals surface area contributed by atoms with Gasteiger partial charge < -0.3 is 9.47 Å². The van der Waals surface area contributed by atoms with Gasteiger partial charge in [-0.1, -0.05) is 0 Å². The molecule has 1 rings (SSSR count). The Hall–Kier alpha value is -1.75. The maximum atomic E-state index is 11.6. The van der Waals surface area contributed by atoms with Gasteiger partial charge in [0.2, 0.25) is 5.91 Å². The average molecular weight is 238 g/mol. The standard InChI is InChI=1S/C12H18N2O3/c1-8-5-9(16-3)6-11(17-4)10(8)7-12(15)14(2)13/h5-6H,7,13H2,1-4H3. The number of hydrogen-bond donors (Lipinski definition) is 1. The van der Waals surface area contributed by atoms with Crippen molar-refractivity contribution in [2.75, 3.05) is 21.3 Å². The van der Waals surface area contributed by atoms with Crippen LogP contribution in [0.4, 0.5) is 0 Å². The summed E-state index contributed by atoms with van der Waals surface area (Å²) in [6.07, 6.45) is 0.214. The predicted molar refractivity (Wildman–Crippen MR) is 64.9 cm³/mol. The Morgan fingerprint density at radius 2 is 2.00 bits per heavy atom. The first kappa shape index (κ1) is 13.3. The Bertz CT molecular complexity index is 416.